The minimum absolute atomic E-state index is 0.0324. The lowest BCUT2D eigenvalue weighted by Crippen LogP contribution is -2.61. The molecule has 2 amide bonds. The molecule has 0 aliphatic heterocycles. The van der Waals surface area contributed by atoms with Crippen molar-refractivity contribution >= 4 is 44.1 Å². The Kier molecular flexibility index (Phi) is 4.56. The molecule has 134 valence electrons. The van der Waals surface area contributed by atoms with Crippen molar-refractivity contribution in [2.75, 3.05) is 0 Å². The molecule has 0 radical (unpaired) electrons. The SMILES string of the molecule is O=C(NN=Cc1cc(Br)cc(Br)c1O)NC12CC3CC(CC(C3)C1)C2. The molecule has 1 aromatic carbocycles. The Hall–Kier alpha value is -1.08. The first-order chi connectivity index (χ1) is 11.9. The molecule has 5 nitrogen and oxygen atoms in total. The molecule has 0 saturated heterocycles. The number of rotatable bonds is 3. The van der Waals surface area contributed by atoms with E-state index in [9.17, 15) is 9.90 Å². The third kappa shape index (κ3) is 3.58. The molecule has 1 aromatic rings. The summed E-state index contributed by atoms with van der Waals surface area (Å²) in [5.74, 6) is 2.44. The molecule has 0 atom stereocenters. The van der Waals surface area contributed by atoms with E-state index < -0.39 is 0 Å². The Morgan fingerprint density at radius 3 is 2.36 bits per heavy atom. The summed E-state index contributed by atoms with van der Waals surface area (Å²) in [7, 11) is 0. The number of hydrazone groups is 1. The second kappa shape index (κ2) is 6.58. The molecular formula is C18H21Br2N3O2. The maximum atomic E-state index is 12.3. The lowest BCUT2D eigenvalue weighted by atomic mass is 9.53. The van der Waals surface area contributed by atoms with Crippen LogP contribution in [0.5, 0.6) is 5.75 Å². The van der Waals surface area contributed by atoms with Gasteiger partial charge in [-0.05, 0) is 84.3 Å². The van der Waals surface area contributed by atoms with Crippen LogP contribution in [0.25, 0.3) is 0 Å². The molecule has 7 heteroatoms. The number of phenols is 1. The maximum Gasteiger partial charge on any atom is 0.335 e. The van der Waals surface area contributed by atoms with Crippen LogP contribution in [0.3, 0.4) is 0 Å². The van der Waals surface area contributed by atoms with E-state index in [2.05, 4.69) is 47.7 Å². The zero-order chi connectivity index (χ0) is 17.6. The van der Waals surface area contributed by atoms with Gasteiger partial charge in [-0.1, -0.05) is 15.9 Å². The van der Waals surface area contributed by atoms with Crippen molar-refractivity contribution in [3.05, 3.63) is 26.6 Å². The number of benzene rings is 1. The number of amides is 2. The number of nitrogens with zero attached hydrogens (tertiary/aromatic N) is 1. The van der Waals surface area contributed by atoms with Crippen molar-refractivity contribution in [1.29, 1.82) is 0 Å². The first kappa shape index (κ1) is 17.3. The fourth-order valence-electron chi connectivity index (χ4n) is 5.38. The Morgan fingerprint density at radius 1 is 1.16 bits per heavy atom. The standard InChI is InChI=1S/C18H21Br2N3O2/c19-14-4-13(16(24)15(20)5-14)9-21-23-17(25)22-18-6-10-1-11(7-18)3-12(2-10)8-18/h4-5,9-12,24H,1-3,6-8H2,(H2,22,23,25). The van der Waals surface area contributed by atoms with Crippen molar-refractivity contribution in [3.8, 4) is 5.75 Å². The van der Waals surface area contributed by atoms with Gasteiger partial charge < -0.3 is 10.4 Å². The molecule has 0 unspecified atom stereocenters. The van der Waals surface area contributed by atoms with Gasteiger partial charge in [0.25, 0.3) is 0 Å². The van der Waals surface area contributed by atoms with Gasteiger partial charge in [-0.2, -0.15) is 5.10 Å². The quantitative estimate of drug-likeness (QED) is 0.448. The topological polar surface area (TPSA) is 73.7 Å². The van der Waals surface area contributed by atoms with E-state index in [-0.39, 0.29) is 17.3 Å². The van der Waals surface area contributed by atoms with Gasteiger partial charge >= 0.3 is 6.03 Å². The lowest BCUT2D eigenvalue weighted by Gasteiger charge is -2.56. The summed E-state index contributed by atoms with van der Waals surface area (Å²) in [6.45, 7) is 0. The summed E-state index contributed by atoms with van der Waals surface area (Å²) in [6.07, 6.45) is 8.80. The molecule has 0 aromatic heterocycles. The van der Waals surface area contributed by atoms with Crippen molar-refractivity contribution in [1.82, 2.24) is 10.7 Å². The summed E-state index contributed by atoms with van der Waals surface area (Å²) >= 11 is 6.65. The minimum Gasteiger partial charge on any atom is -0.506 e. The number of urea groups is 1. The van der Waals surface area contributed by atoms with E-state index in [1.54, 1.807) is 12.1 Å². The van der Waals surface area contributed by atoms with Crippen molar-refractivity contribution in [2.45, 2.75) is 44.1 Å². The van der Waals surface area contributed by atoms with Crippen LogP contribution < -0.4 is 10.7 Å². The van der Waals surface area contributed by atoms with Gasteiger partial charge in [-0.3, -0.25) is 0 Å². The second-order valence-corrected chi connectivity index (χ2v) is 9.62. The molecule has 25 heavy (non-hydrogen) atoms. The summed E-state index contributed by atoms with van der Waals surface area (Å²) in [4.78, 5) is 12.3. The van der Waals surface area contributed by atoms with Crippen LogP contribution >= 0.6 is 31.9 Å². The highest BCUT2D eigenvalue weighted by atomic mass is 79.9. The van der Waals surface area contributed by atoms with E-state index in [1.807, 2.05) is 0 Å². The predicted molar refractivity (Wildman–Crippen MR) is 104 cm³/mol. The van der Waals surface area contributed by atoms with E-state index in [0.717, 1.165) is 41.5 Å². The van der Waals surface area contributed by atoms with Gasteiger partial charge in [-0.15, -0.1) is 0 Å². The number of carbonyl (C=O) groups is 1. The van der Waals surface area contributed by atoms with Gasteiger partial charge in [0.2, 0.25) is 0 Å². The van der Waals surface area contributed by atoms with Crippen LogP contribution in [0.15, 0.2) is 26.2 Å². The largest absolute Gasteiger partial charge is 0.506 e. The minimum atomic E-state index is -0.258. The number of nitrogens with one attached hydrogen (secondary N) is 2. The average Bonchev–Trinajstić information content (AvgIpc) is 2.50. The van der Waals surface area contributed by atoms with E-state index in [4.69, 9.17) is 0 Å². The highest BCUT2D eigenvalue weighted by Gasteiger charge is 2.51. The molecule has 0 spiro atoms. The predicted octanol–water partition coefficient (Wildman–Crippen LogP) is 4.52. The van der Waals surface area contributed by atoms with Crippen molar-refractivity contribution in [3.63, 3.8) is 0 Å². The summed E-state index contributed by atoms with van der Waals surface area (Å²) < 4.78 is 1.39. The van der Waals surface area contributed by atoms with Gasteiger partial charge in [0.1, 0.15) is 5.75 Å². The number of hydrogen-bond donors (Lipinski definition) is 3. The molecule has 4 aliphatic carbocycles. The van der Waals surface area contributed by atoms with Crippen LogP contribution in [0.4, 0.5) is 4.79 Å². The molecule has 4 saturated carbocycles. The third-order valence-electron chi connectivity index (χ3n) is 5.84. The third-order valence-corrected chi connectivity index (χ3v) is 6.91. The van der Waals surface area contributed by atoms with Crippen LogP contribution in [0.1, 0.15) is 44.1 Å². The van der Waals surface area contributed by atoms with Crippen molar-refractivity contribution < 1.29 is 9.90 Å². The van der Waals surface area contributed by atoms with Gasteiger partial charge in [0.15, 0.2) is 0 Å². The monoisotopic (exact) mass is 469 g/mol. The van der Waals surface area contributed by atoms with Gasteiger partial charge in [0.05, 0.1) is 10.7 Å². The number of aromatic hydroxyl groups is 1. The van der Waals surface area contributed by atoms with E-state index in [0.29, 0.717) is 10.0 Å². The zero-order valence-electron chi connectivity index (χ0n) is 13.8. The molecule has 3 N–H and O–H groups in total. The molecule has 4 aliphatic rings. The molecule has 0 heterocycles. The summed E-state index contributed by atoms with van der Waals surface area (Å²) in [6, 6.07) is 3.23. The first-order valence-corrected chi connectivity index (χ1v) is 10.3. The van der Waals surface area contributed by atoms with Crippen LogP contribution in [0, 0.1) is 17.8 Å². The second-order valence-electron chi connectivity index (χ2n) is 7.85. The van der Waals surface area contributed by atoms with Gasteiger partial charge in [0, 0.05) is 15.6 Å². The highest BCUT2D eigenvalue weighted by molar-refractivity contribution is 9.11. The fraction of sp³-hybridized carbons (Fsp3) is 0.556. The van der Waals surface area contributed by atoms with Crippen molar-refractivity contribution in [2.24, 2.45) is 22.9 Å². The van der Waals surface area contributed by atoms with Crippen LogP contribution in [-0.4, -0.2) is 22.9 Å². The number of halogens is 2. The smallest absolute Gasteiger partial charge is 0.335 e. The highest BCUT2D eigenvalue weighted by Crippen LogP contribution is 2.55. The summed E-state index contributed by atoms with van der Waals surface area (Å²) in [5, 5.41) is 17.2. The Bertz CT molecular complexity index is 700. The Labute approximate surface area is 163 Å². The molecule has 4 bridgehead atoms. The van der Waals surface area contributed by atoms with Crippen LogP contribution in [-0.2, 0) is 0 Å². The first-order valence-electron chi connectivity index (χ1n) is 8.72. The van der Waals surface area contributed by atoms with Crippen LogP contribution in [0.2, 0.25) is 0 Å². The fourth-order valence-corrected chi connectivity index (χ4v) is 6.64. The number of hydrogen-bond acceptors (Lipinski definition) is 3. The number of carbonyl (C=O) groups excluding carboxylic acids is 1. The molecular weight excluding hydrogens is 450 g/mol. The summed E-state index contributed by atoms with van der Waals surface area (Å²) in [5.41, 5.74) is 3.04. The average molecular weight is 471 g/mol. The Morgan fingerprint density at radius 2 is 1.76 bits per heavy atom. The molecule has 5 rings (SSSR count). The van der Waals surface area contributed by atoms with Gasteiger partial charge in [-0.25, -0.2) is 10.2 Å². The van der Waals surface area contributed by atoms with E-state index in [1.165, 1.54) is 25.5 Å². The van der Waals surface area contributed by atoms with E-state index >= 15 is 0 Å². The maximum absolute atomic E-state index is 12.3. The zero-order valence-corrected chi connectivity index (χ0v) is 16.9. The number of phenolic OH excluding ortho intramolecular Hbond substituents is 1. The molecule has 4 fully saturated rings. The Balaban J connectivity index is 1.39. The lowest BCUT2D eigenvalue weighted by molar-refractivity contribution is -0.0135. The normalized spacial score (nSPS) is 33.0.